The van der Waals surface area contributed by atoms with E-state index in [0.29, 0.717) is 12.5 Å². The molecule has 0 saturated heterocycles. The van der Waals surface area contributed by atoms with Crippen molar-refractivity contribution in [3.63, 3.8) is 0 Å². The van der Waals surface area contributed by atoms with Crippen molar-refractivity contribution in [3.05, 3.63) is 47.8 Å². The summed E-state index contributed by atoms with van der Waals surface area (Å²) in [5.74, 6) is 0.404. The summed E-state index contributed by atoms with van der Waals surface area (Å²) in [5.41, 5.74) is 8.97. The van der Waals surface area contributed by atoms with E-state index in [0.717, 1.165) is 11.4 Å². The third kappa shape index (κ3) is 4.55. The maximum Gasteiger partial charge on any atom is 0.193 e. The summed E-state index contributed by atoms with van der Waals surface area (Å²) in [6.45, 7) is 2.55. The molecule has 19 heavy (non-hydrogen) atoms. The van der Waals surface area contributed by atoms with Gasteiger partial charge in [0, 0.05) is 18.9 Å². The highest BCUT2D eigenvalue weighted by molar-refractivity contribution is 14.0. The van der Waals surface area contributed by atoms with Crippen molar-refractivity contribution in [1.82, 2.24) is 9.78 Å². The molecule has 0 aliphatic heterocycles. The van der Waals surface area contributed by atoms with Crippen LogP contribution in [0.5, 0.6) is 0 Å². The molecular formula is C13H18IN5. The Kier molecular flexibility index (Phi) is 5.81. The number of benzene rings is 1. The predicted molar refractivity (Wildman–Crippen MR) is 88.8 cm³/mol. The normalized spacial score (nSPS) is 10.9. The Morgan fingerprint density at radius 1 is 1.42 bits per heavy atom. The molecule has 5 nitrogen and oxygen atoms in total. The molecule has 0 fully saturated rings. The lowest BCUT2D eigenvalue weighted by Gasteiger charge is -2.06. The minimum Gasteiger partial charge on any atom is -0.370 e. The smallest absolute Gasteiger partial charge is 0.193 e. The fourth-order valence-corrected chi connectivity index (χ4v) is 1.63. The van der Waals surface area contributed by atoms with E-state index in [9.17, 15) is 0 Å². The highest BCUT2D eigenvalue weighted by Crippen LogP contribution is 2.09. The monoisotopic (exact) mass is 371 g/mol. The Labute approximate surface area is 129 Å². The molecular weight excluding hydrogens is 353 g/mol. The molecule has 0 saturated carbocycles. The summed E-state index contributed by atoms with van der Waals surface area (Å²) >= 11 is 0. The van der Waals surface area contributed by atoms with Crippen LogP contribution in [0.15, 0.2) is 41.5 Å². The highest BCUT2D eigenvalue weighted by Gasteiger charge is 1.98. The zero-order valence-corrected chi connectivity index (χ0v) is 13.3. The molecule has 0 radical (unpaired) electrons. The fraction of sp³-hybridized carbons (Fsp3) is 0.231. The Morgan fingerprint density at radius 3 is 2.84 bits per heavy atom. The van der Waals surface area contributed by atoms with E-state index in [-0.39, 0.29) is 24.0 Å². The van der Waals surface area contributed by atoms with Crippen molar-refractivity contribution in [2.75, 3.05) is 5.32 Å². The van der Waals surface area contributed by atoms with E-state index >= 15 is 0 Å². The van der Waals surface area contributed by atoms with Gasteiger partial charge in [-0.1, -0.05) is 12.1 Å². The molecule has 0 amide bonds. The lowest BCUT2D eigenvalue weighted by atomic mass is 10.2. The Morgan fingerprint density at radius 2 is 2.21 bits per heavy atom. The largest absolute Gasteiger partial charge is 0.370 e. The number of aliphatic imine (C=N–C) groups is 1. The zero-order chi connectivity index (χ0) is 13.0. The molecule has 2 rings (SSSR count). The molecule has 0 aliphatic rings. The molecule has 3 N–H and O–H groups in total. The maximum atomic E-state index is 5.83. The quantitative estimate of drug-likeness (QED) is 0.494. The van der Waals surface area contributed by atoms with E-state index in [4.69, 9.17) is 5.73 Å². The first-order valence-corrected chi connectivity index (χ1v) is 5.75. The molecule has 0 spiro atoms. The lowest BCUT2D eigenvalue weighted by molar-refractivity contribution is 0.712. The van der Waals surface area contributed by atoms with E-state index in [1.807, 2.05) is 44.3 Å². The number of nitrogens with zero attached hydrogens (tertiary/aromatic N) is 3. The second kappa shape index (κ2) is 7.13. The first-order chi connectivity index (χ1) is 8.65. The summed E-state index contributed by atoms with van der Waals surface area (Å²) in [5, 5.41) is 7.14. The standard InChI is InChI=1S/C13H17N5.HI/c1-10-4-3-5-11(8-10)17-13(14)15-9-12-6-7-16-18(12)2;/h3-8H,9H2,1-2H3,(H3,14,15,17);1H. The summed E-state index contributed by atoms with van der Waals surface area (Å²) < 4.78 is 1.78. The Balaban J connectivity index is 0.00000180. The van der Waals surface area contributed by atoms with Crippen molar-refractivity contribution < 1.29 is 0 Å². The van der Waals surface area contributed by atoms with E-state index < -0.39 is 0 Å². The SMILES string of the molecule is Cc1cccc(NC(N)=NCc2ccnn2C)c1.I. The van der Waals surface area contributed by atoms with Gasteiger partial charge in [0.1, 0.15) is 0 Å². The van der Waals surface area contributed by atoms with Gasteiger partial charge in [-0.15, -0.1) is 24.0 Å². The summed E-state index contributed by atoms with van der Waals surface area (Å²) in [6.07, 6.45) is 1.75. The van der Waals surface area contributed by atoms with Gasteiger partial charge in [-0.3, -0.25) is 4.68 Å². The van der Waals surface area contributed by atoms with Crippen LogP contribution in [0.3, 0.4) is 0 Å². The minimum absolute atomic E-state index is 0. The van der Waals surface area contributed by atoms with E-state index in [1.165, 1.54) is 5.56 Å². The van der Waals surface area contributed by atoms with Crippen LogP contribution in [-0.2, 0) is 13.6 Å². The molecule has 1 aromatic heterocycles. The van der Waals surface area contributed by atoms with Crippen LogP contribution < -0.4 is 11.1 Å². The first-order valence-electron chi connectivity index (χ1n) is 5.75. The van der Waals surface area contributed by atoms with Crippen molar-refractivity contribution >= 4 is 35.6 Å². The second-order valence-corrected chi connectivity index (χ2v) is 4.14. The van der Waals surface area contributed by atoms with Crippen molar-refractivity contribution in [2.24, 2.45) is 17.8 Å². The molecule has 1 heterocycles. The van der Waals surface area contributed by atoms with Gasteiger partial charge in [-0.2, -0.15) is 5.10 Å². The van der Waals surface area contributed by atoms with Crippen molar-refractivity contribution in [2.45, 2.75) is 13.5 Å². The second-order valence-electron chi connectivity index (χ2n) is 4.14. The van der Waals surface area contributed by atoms with Gasteiger partial charge in [-0.25, -0.2) is 4.99 Å². The Bertz CT molecular complexity index is 562. The number of aryl methyl sites for hydroxylation is 2. The highest BCUT2D eigenvalue weighted by atomic mass is 127. The molecule has 102 valence electrons. The van der Waals surface area contributed by atoms with Crippen molar-refractivity contribution in [3.8, 4) is 0 Å². The Hall–Kier alpha value is -1.57. The van der Waals surface area contributed by atoms with Gasteiger partial charge >= 0.3 is 0 Å². The van der Waals surface area contributed by atoms with E-state index in [2.05, 4.69) is 15.4 Å². The molecule has 6 heteroatoms. The van der Waals surface area contributed by atoms with Gasteiger partial charge in [0.25, 0.3) is 0 Å². The van der Waals surface area contributed by atoms with E-state index in [1.54, 1.807) is 10.9 Å². The number of aromatic nitrogens is 2. The fourth-order valence-electron chi connectivity index (χ4n) is 1.63. The molecule has 2 aromatic rings. The molecule has 0 atom stereocenters. The van der Waals surface area contributed by atoms with Crippen LogP contribution in [-0.4, -0.2) is 15.7 Å². The van der Waals surface area contributed by atoms with Crippen LogP contribution in [0.25, 0.3) is 0 Å². The summed E-state index contributed by atoms with van der Waals surface area (Å²) in [7, 11) is 1.88. The van der Waals surface area contributed by atoms with Crippen LogP contribution in [0.4, 0.5) is 5.69 Å². The maximum absolute atomic E-state index is 5.83. The van der Waals surface area contributed by atoms with Crippen LogP contribution in [0.1, 0.15) is 11.3 Å². The van der Waals surface area contributed by atoms with Crippen LogP contribution in [0.2, 0.25) is 0 Å². The number of anilines is 1. The minimum atomic E-state index is 0. The summed E-state index contributed by atoms with van der Waals surface area (Å²) in [4.78, 5) is 4.27. The van der Waals surface area contributed by atoms with Gasteiger partial charge in [0.05, 0.1) is 12.2 Å². The van der Waals surface area contributed by atoms with Crippen molar-refractivity contribution in [1.29, 1.82) is 0 Å². The molecule has 0 unspecified atom stereocenters. The van der Waals surface area contributed by atoms with Crippen LogP contribution in [0, 0.1) is 6.92 Å². The van der Waals surface area contributed by atoms with Gasteiger partial charge < -0.3 is 11.1 Å². The average molecular weight is 371 g/mol. The molecule has 1 aromatic carbocycles. The number of hydrogen-bond acceptors (Lipinski definition) is 2. The molecule has 0 aliphatic carbocycles. The van der Waals surface area contributed by atoms with Gasteiger partial charge in [0.2, 0.25) is 0 Å². The summed E-state index contributed by atoms with van der Waals surface area (Å²) in [6, 6.07) is 9.91. The van der Waals surface area contributed by atoms with Gasteiger partial charge in [-0.05, 0) is 30.7 Å². The average Bonchev–Trinajstić information content (AvgIpc) is 2.72. The van der Waals surface area contributed by atoms with Gasteiger partial charge in [0.15, 0.2) is 5.96 Å². The number of hydrogen-bond donors (Lipinski definition) is 2. The van der Waals surface area contributed by atoms with Crippen LogP contribution >= 0.6 is 24.0 Å². The number of halogens is 1. The topological polar surface area (TPSA) is 68.2 Å². The number of guanidine groups is 1. The third-order valence-electron chi connectivity index (χ3n) is 2.62. The zero-order valence-electron chi connectivity index (χ0n) is 11.0. The number of nitrogens with two attached hydrogens (primary N) is 1. The predicted octanol–water partition coefficient (Wildman–Crippen LogP) is 2.27. The lowest BCUT2D eigenvalue weighted by Crippen LogP contribution is -2.22. The third-order valence-corrected chi connectivity index (χ3v) is 2.62. The number of nitrogens with one attached hydrogen (secondary N) is 1. The first kappa shape index (κ1) is 15.5. The number of rotatable bonds is 3. The molecule has 0 bridgehead atoms.